The summed E-state index contributed by atoms with van der Waals surface area (Å²) in [5.41, 5.74) is -0.0790. The molecule has 0 amide bonds. The zero-order valence-electron chi connectivity index (χ0n) is 12.4. The van der Waals surface area contributed by atoms with E-state index in [1.807, 2.05) is 6.92 Å². The molecule has 5 nitrogen and oxygen atoms in total. The van der Waals surface area contributed by atoms with Crippen LogP contribution in [0.25, 0.3) is 0 Å². The Labute approximate surface area is 115 Å². The van der Waals surface area contributed by atoms with E-state index in [1.165, 1.54) is 0 Å². The third-order valence-electron chi connectivity index (χ3n) is 2.77. The quantitative estimate of drug-likeness (QED) is 0.620. The first-order valence-electron chi connectivity index (χ1n) is 6.72. The van der Waals surface area contributed by atoms with E-state index in [4.69, 9.17) is 14.6 Å². The Morgan fingerprint density at radius 3 is 2.47 bits per heavy atom. The van der Waals surface area contributed by atoms with Gasteiger partial charge in [0.25, 0.3) is 0 Å². The Morgan fingerprint density at radius 1 is 1.32 bits per heavy atom. The number of carboxylic acid groups (broad SMARTS) is 1. The summed E-state index contributed by atoms with van der Waals surface area (Å²) in [7, 11) is 0. The molecule has 5 heteroatoms. The maximum absolute atomic E-state index is 11.1. The van der Waals surface area contributed by atoms with Crippen molar-refractivity contribution in [1.29, 1.82) is 0 Å². The van der Waals surface area contributed by atoms with Crippen molar-refractivity contribution >= 4 is 11.9 Å². The van der Waals surface area contributed by atoms with Crippen LogP contribution in [0.2, 0.25) is 0 Å². The van der Waals surface area contributed by atoms with Gasteiger partial charge >= 0.3 is 11.9 Å². The van der Waals surface area contributed by atoms with Crippen molar-refractivity contribution in [3.8, 4) is 0 Å². The fourth-order valence-corrected chi connectivity index (χ4v) is 2.09. The SMILES string of the molecule is CCOC(=O)COCC(C)(C)CC(C)CCC(=O)O. The summed E-state index contributed by atoms with van der Waals surface area (Å²) in [5.74, 6) is -0.794. The monoisotopic (exact) mass is 274 g/mol. The van der Waals surface area contributed by atoms with Crippen molar-refractivity contribution in [2.24, 2.45) is 11.3 Å². The van der Waals surface area contributed by atoms with Gasteiger partial charge in [0.1, 0.15) is 6.61 Å². The predicted molar refractivity (Wildman–Crippen MR) is 71.9 cm³/mol. The molecule has 0 spiro atoms. The second kappa shape index (κ2) is 8.91. The molecule has 1 unspecified atom stereocenters. The van der Waals surface area contributed by atoms with E-state index in [-0.39, 0.29) is 24.4 Å². The summed E-state index contributed by atoms with van der Waals surface area (Å²) < 4.78 is 10.1. The Hall–Kier alpha value is -1.10. The lowest BCUT2D eigenvalue weighted by atomic mass is 9.82. The number of carbonyl (C=O) groups excluding carboxylic acids is 1. The molecule has 0 radical (unpaired) electrons. The summed E-state index contributed by atoms with van der Waals surface area (Å²) in [6.45, 7) is 8.69. The van der Waals surface area contributed by atoms with Crippen LogP contribution in [0.1, 0.15) is 47.0 Å². The molecule has 0 bridgehead atoms. The van der Waals surface area contributed by atoms with E-state index in [2.05, 4.69) is 13.8 Å². The minimum atomic E-state index is -0.761. The van der Waals surface area contributed by atoms with Gasteiger partial charge in [-0.2, -0.15) is 0 Å². The molecular weight excluding hydrogens is 248 g/mol. The first kappa shape index (κ1) is 17.9. The topological polar surface area (TPSA) is 72.8 Å². The molecule has 0 saturated heterocycles. The number of carbonyl (C=O) groups is 2. The lowest BCUT2D eigenvalue weighted by Crippen LogP contribution is -2.25. The van der Waals surface area contributed by atoms with Crippen LogP contribution in [0.4, 0.5) is 0 Å². The van der Waals surface area contributed by atoms with Crippen LogP contribution in [0, 0.1) is 11.3 Å². The first-order chi connectivity index (χ1) is 8.76. The van der Waals surface area contributed by atoms with Crippen molar-refractivity contribution in [2.45, 2.75) is 47.0 Å². The minimum absolute atomic E-state index is 0.0270. The summed E-state index contributed by atoms with van der Waals surface area (Å²) in [5, 5.41) is 8.64. The van der Waals surface area contributed by atoms with Gasteiger partial charge < -0.3 is 14.6 Å². The van der Waals surface area contributed by atoms with Crippen molar-refractivity contribution < 1.29 is 24.2 Å². The van der Waals surface area contributed by atoms with E-state index in [1.54, 1.807) is 6.92 Å². The smallest absolute Gasteiger partial charge is 0.332 e. The maximum atomic E-state index is 11.1. The molecule has 0 aromatic rings. The zero-order chi connectivity index (χ0) is 14.9. The molecule has 0 aliphatic heterocycles. The van der Waals surface area contributed by atoms with Crippen LogP contribution < -0.4 is 0 Å². The minimum Gasteiger partial charge on any atom is -0.481 e. The molecule has 0 rings (SSSR count). The molecule has 1 N–H and O–H groups in total. The number of hydrogen-bond donors (Lipinski definition) is 1. The van der Waals surface area contributed by atoms with Crippen molar-refractivity contribution in [3.63, 3.8) is 0 Å². The highest BCUT2D eigenvalue weighted by Gasteiger charge is 2.22. The highest BCUT2D eigenvalue weighted by atomic mass is 16.6. The fourth-order valence-electron chi connectivity index (χ4n) is 2.09. The van der Waals surface area contributed by atoms with Gasteiger partial charge in [0.05, 0.1) is 13.2 Å². The van der Waals surface area contributed by atoms with Crippen LogP contribution >= 0.6 is 0 Å². The normalized spacial score (nSPS) is 13.1. The number of ether oxygens (including phenoxy) is 2. The van der Waals surface area contributed by atoms with Gasteiger partial charge in [-0.15, -0.1) is 0 Å². The third-order valence-corrected chi connectivity index (χ3v) is 2.77. The highest BCUT2D eigenvalue weighted by molar-refractivity contribution is 5.70. The Balaban J connectivity index is 3.90. The van der Waals surface area contributed by atoms with Crippen LogP contribution in [0.15, 0.2) is 0 Å². The molecule has 0 saturated carbocycles. The first-order valence-corrected chi connectivity index (χ1v) is 6.72. The van der Waals surface area contributed by atoms with Crippen LogP contribution in [-0.2, 0) is 19.1 Å². The second-order valence-corrected chi connectivity index (χ2v) is 5.70. The molecule has 0 aromatic heterocycles. The van der Waals surface area contributed by atoms with Crippen LogP contribution in [-0.4, -0.2) is 36.9 Å². The van der Waals surface area contributed by atoms with Crippen molar-refractivity contribution in [2.75, 3.05) is 19.8 Å². The van der Waals surface area contributed by atoms with E-state index in [9.17, 15) is 9.59 Å². The van der Waals surface area contributed by atoms with Crippen molar-refractivity contribution in [3.05, 3.63) is 0 Å². The lowest BCUT2D eigenvalue weighted by molar-refractivity contribution is -0.149. The maximum Gasteiger partial charge on any atom is 0.332 e. The van der Waals surface area contributed by atoms with E-state index >= 15 is 0 Å². The number of esters is 1. The largest absolute Gasteiger partial charge is 0.481 e. The fraction of sp³-hybridized carbons (Fsp3) is 0.857. The molecule has 0 aliphatic carbocycles. The second-order valence-electron chi connectivity index (χ2n) is 5.70. The average Bonchev–Trinajstić information content (AvgIpc) is 2.25. The predicted octanol–water partition coefficient (Wildman–Crippen LogP) is 2.48. The third kappa shape index (κ3) is 10.5. The summed E-state index contributed by atoms with van der Waals surface area (Å²) >= 11 is 0. The van der Waals surface area contributed by atoms with E-state index in [0.29, 0.717) is 25.6 Å². The Morgan fingerprint density at radius 2 is 1.95 bits per heavy atom. The van der Waals surface area contributed by atoms with Crippen molar-refractivity contribution in [1.82, 2.24) is 0 Å². The summed E-state index contributed by atoms with van der Waals surface area (Å²) in [6, 6.07) is 0. The Kier molecular flexibility index (Phi) is 8.39. The van der Waals surface area contributed by atoms with E-state index < -0.39 is 5.97 Å². The Bertz CT molecular complexity index is 286. The van der Waals surface area contributed by atoms with E-state index in [0.717, 1.165) is 6.42 Å². The van der Waals surface area contributed by atoms with Gasteiger partial charge in [0.2, 0.25) is 0 Å². The standard InChI is InChI=1S/C14H26O5/c1-5-19-13(17)9-18-10-14(3,4)8-11(2)6-7-12(15)16/h11H,5-10H2,1-4H3,(H,15,16). The molecule has 0 aliphatic rings. The molecular formula is C14H26O5. The van der Waals surface area contributed by atoms with Gasteiger partial charge in [-0.3, -0.25) is 4.79 Å². The number of carboxylic acids is 1. The van der Waals surface area contributed by atoms with Gasteiger partial charge in [-0.25, -0.2) is 4.79 Å². The van der Waals surface area contributed by atoms with Crippen LogP contribution in [0.5, 0.6) is 0 Å². The lowest BCUT2D eigenvalue weighted by Gasteiger charge is -2.27. The average molecular weight is 274 g/mol. The van der Waals surface area contributed by atoms with Gasteiger partial charge in [-0.05, 0) is 31.1 Å². The number of rotatable bonds is 10. The number of aliphatic carboxylic acids is 1. The summed E-state index contributed by atoms with van der Waals surface area (Å²) in [6.07, 6.45) is 1.72. The van der Waals surface area contributed by atoms with Gasteiger partial charge in [0.15, 0.2) is 0 Å². The van der Waals surface area contributed by atoms with Gasteiger partial charge in [0, 0.05) is 6.42 Å². The molecule has 112 valence electrons. The summed E-state index contributed by atoms with van der Waals surface area (Å²) in [4.78, 5) is 21.6. The molecule has 0 aromatic carbocycles. The molecule has 19 heavy (non-hydrogen) atoms. The zero-order valence-corrected chi connectivity index (χ0v) is 12.4. The number of hydrogen-bond acceptors (Lipinski definition) is 4. The van der Waals surface area contributed by atoms with Gasteiger partial charge in [-0.1, -0.05) is 20.8 Å². The highest BCUT2D eigenvalue weighted by Crippen LogP contribution is 2.28. The van der Waals surface area contributed by atoms with Crippen LogP contribution in [0.3, 0.4) is 0 Å². The molecule has 0 fully saturated rings. The molecule has 0 heterocycles. The molecule has 1 atom stereocenters.